The fraction of sp³-hybridized carbons (Fsp3) is 0.231. The third-order valence-corrected chi connectivity index (χ3v) is 2.26. The largest absolute Gasteiger partial charge is 0.396 e. The first-order valence-electron chi connectivity index (χ1n) is 5.39. The Kier molecular flexibility index (Phi) is 4.46. The number of hydrogen-bond acceptors (Lipinski definition) is 3. The van der Waals surface area contributed by atoms with E-state index in [1.165, 1.54) is 0 Å². The molecule has 0 unspecified atom stereocenters. The molecular formula is C13H18N4. The van der Waals surface area contributed by atoms with Gasteiger partial charge in [-0.05, 0) is 13.8 Å². The Labute approximate surface area is 102 Å². The molecule has 0 aliphatic heterocycles. The Morgan fingerprint density at radius 3 is 2.71 bits per heavy atom. The van der Waals surface area contributed by atoms with E-state index in [0.717, 1.165) is 11.3 Å². The van der Waals surface area contributed by atoms with Gasteiger partial charge in [0.2, 0.25) is 0 Å². The first-order chi connectivity index (χ1) is 8.15. The van der Waals surface area contributed by atoms with Gasteiger partial charge < -0.3 is 5.73 Å². The average molecular weight is 230 g/mol. The van der Waals surface area contributed by atoms with Gasteiger partial charge in [0, 0.05) is 25.0 Å². The highest BCUT2D eigenvalue weighted by Crippen LogP contribution is 2.18. The summed E-state index contributed by atoms with van der Waals surface area (Å²) in [4.78, 5) is 8.30. The van der Waals surface area contributed by atoms with Crippen molar-refractivity contribution in [2.45, 2.75) is 13.8 Å². The lowest BCUT2D eigenvalue weighted by Gasteiger charge is -2.06. The molecule has 4 heteroatoms. The molecule has 0 saturated heterocycles. The molecule has 0 fully saturated rings. The molecule has 17 heavy (non-hydrogen) atoms. The van der Waals surface area contributed by atoms with Gasteiger partial charge in [0.1, 0.15) is 0 Å². The monoisotopic (exact) mass is 230 g/mol. The van der Waals surface area contributed by atoms with Crippen molar-refractivity contribution in [2.24, 2.45) is 10.7 Å². The molecule has 0 aliphatic carbocycles. The third-order valence-electron chi connectivity index (χ3n) is 2.26. The second kappa shape index (κ2) is 5.84. The van der Waals surface area contributed by atoms with Crippen LogP contribution in [-0.2, 0) is 0 Å². The van der Waals surface area contributed by atoms with E-state index < -0.39 is 0 Å². The highest BCUT2D eigenvalue weighted by molar-refractivity contribution is 6.09. The Bertz CT molecular complexity index is 490. The summed E-state index contributed by atoms with van der Waals surface area (Å²) in [7, 11) is 1.74. The van der Waals surface area contributed by atoms with Gasteiger partial charge in [-0.3, -0.25) is 9.56 Å². The van der Waals surface area contributed by atoms with Crippen LogP contribution in [0, 0.1) is 0 Å². The van der Waals surface area contributed by atoms with E-state index in [2.05, 4.69) is 16.6 Å². The van der Waals surface area contributed by atoms with Crippen LogP contribution in [-0.4, -0.2) is 22.8 Å². The van der Waals surface area contributed by atoms with Crippen molar-refractivity contribution >= 4 is 23.7 Å². The van der Waals surface area contributed by atoms with Gasteiger partial charge in [-0.25, -0.2) is 4.98 Å². The molecule has 0 bridgehead atoms. The molecule has 0 aromatic carbocycles. The van der Waals surface area contributed by atoms with Crippen molar-refractivity contribution in [3.63, 3.8) is 0 Å². The maximum absolute atomic E-state index is 5.71. The van der Waals surface area contributed by atoms with E-state index in [1.807, 2.05) is 36.8 Å². The van der Waals surface area contributed by atoms with Crippen molar-refractivity contribution < 1.29 is 0 Å². The zero-order valence-electron chi connectivity index (χ0n) is 10.5. The lowest BCUT2D eigenvalue weighted by molar-refractivity contribution is 1.07. The van der Waals surface area contributed by atoms with Crippen LogP contribution in [0.4, 0.5) is 0 Å². The Balaban J connectivity index is 3.39. The average Bonchev–Trinajstić information content (AvgIpc) is 2.70. The van der Waals surface area contributed by atoms with Crippen LogP contribution in [0.2, 0.25) is 0 Å². The smallest absolute Gasteiger partial charge is 0.159 e. The number of nitrogens with two attached hydrogens (primary N) is 1. The van der Waals surface area contributed by atoms with E-state index in [0.29, 0.717) is 11.5 Å². The zero-order valence-corrected chi connectivity index (χ0v) is 10.5. The quantitative estimate of drug-likeness (QED) is 0.807. The van der Waals surface area contributed by atoms with Gasteiger partial charge in [0.15, 0.2) is 5.82 Å². The Morgan fingerprint density at radius 2 is 2.24 bits per heavy atom. The van der Waals surface area contributed by atoms with Crippen LogP contribution in [0.5, 0.6) is 0 Å². The van der Waals surface area contributed by atoms with Gasteiger partial charge in [-0.15, -0.1) is 0 Å². The van der Waals surface area contributed by atoms with Gasteiger partial charge >= 0.3 is 0 Å². The highest BCUT2D eigenvalue weighted by atomic mass is 15.1. The number of aliphatic imine (C=N–C) groups is 1. The molecule has 2 N–H and O–H groups in total. The predicted molar refractivity (Wildman–Crippen MR) is 74.5 cm³/mol. The third kappa shape index (κ3) is 2.72. The first kappa shape index (κ1) is 13.0. The topological polar surface area (TPSA) is 56.2 Å². The van der Waals surface area contributed by atoms with Crippen molar-refractivity contribution in [3.05, 3.63) is 36.4 Å². The van der Waals surface area contributed by atoms with E-state index in [1.54, 1.807) is 19.5 Å². The molecule has 0 radical (unpaired) electrons. The second-order valence-electron chi connectivity index (χ2n) is 3.48. The number of rotatable bonds is 4. The Morgan fingerprint density at radius 1 is 1.53 bits per heavy atom. The SMILES string of the molecule is C=C(N)c1ncc(/C(C=NC)=C/C)n1/C=C\C. The number of hydrogen-bond donors (Lipinski definition) is 1. The summed E-state index contributed by atoms with van der Waals surface area (Å²) in [5, 5.41) is 0. The molecule has 0 spiro atoms. The number of aromatic nitrogens is 2. The molecule has 0 aliphatic rings. The molecule has 1 heterocycles. The summed E-state index contributed by atoms with van der Waals surface area (Å²) in [5.74, 6) is 0.655. The van der Waals surface area contributed by atoms with Crippen LogP contribution in [0.15, 0.2) is 29.9 Å². The minimum absolute atomic E-state index is 0.443. The van der Waals surface area contributed by atoms with Gasteiger partial charge in [0.05, 0.1) is 17.6 Å². The lowest BCUT2D eigenvalue weighted by atomic mass is 10.2. The highest BCUT2D eigenvalue weighted by Gasteiger charge is 2.10. The van der Waals surface area contributed by atoms with E-state index in [-0.39, 0.29) is 0 Å². The van der Waals surface area contributed by atoms with Crippen LogP contribution in [0.3, 0.4) is 0 Å². The molecule has 0 atom stereocenters. The van der Waals surface area contributed by atoms with E-state index in [9.17, 15) is 0 Å². The summed E-state index contributed by atoms with van der Waals surface area (Å²) in [5.41, 5.74) is 8.09. The Hall–Kier alpha value is -2.10. The zero-order chi connectivity index (χ0) is 12.8. The van der Waals surface area contributed by atoms with Crippen molar-refractivity contribution in [3.8, 4) is 0 Å². The number of imidazole rings is 1. The summed E-state index contributed by atoms with van der Waals surface area (Å²) >= 11 is 0. The summed E-state index contributed by atoms with van der Waals surface area (Å²) in [6.45, 7) is 7.62. The number of nitrogens with zero attached hydrogens (tertiary/aromatic N) is 3. The summed E-state index contributed by atoms with van der Waals surface area (Å²) in [6, 6.07) is 0. The molecule has 90 valence electrons. The summed E-state index contributed by atoms with van der Waals surface area (Å²) in [6.07, 6.45) is 9.37. The van der Waals surface area contributed by atoms with Crippen LogP contribution in [0.25, 0.3) is 17.5 Å². The summed E-state index contributed by atoms with van der Waals surface area (Å²) < 4.78 is 1.90. The van der Waals surface area contributed by atoms with E-state index in [4.69, 9.17) is 5.73 Å². The maximum Gasteiger partial charge on any atom is 0.159 e. The molecule has 0 saturated carbocycles. The standard InChI is InChI=1S/C13H18N4/c1-5-7-17-12(11(6-2)8-15-4)9-16-13(17)10(3)14/h5-9H,3,14H2,1-2,4H3/b7-5-,11-6+,15-8?. The van der Waals surface area contributed by atoms with Crippen molar-refractivity contribution in [2.75, 3.05) is 7.05 Å². The van der Waals surface area contributed by atoms with Crippen LogP contribution < -0.4 is 5.73 Å². The van der Waals surface area contributed by atoms with E-state index >= 15 is 0 Å². The second-order valence-corrected chi connectivity index (χ2v) is 3.48. The van der Waals surface area contributed by atoms with Crippen molar-refractivity contribution in [1.29, 1.82) is 0 Å². The molecular weight excluding hydrogens is 212 g/mol. The minimum atomic E-state index is 0.443. The fourth-order valence-electron chi connectivity index (χ4n) is 1.54. The molecule has 0 amide bonds. The molecule has 4 nitrogen and oxygen atoms in total. The van der Waals surface area contributed by atoms with Crippen LogP contribution in [0.1, 0.15) is 25.4 Å². The molecule has 1 aromatic rings. The predicted octanol–water partition coefficient (Wildman–Crippen LogP) is 2.41. The molecule has 1 aromatic heterocycles. The normalized spacial score (nSPS) is 12.8. The lowest BCUT2D eigenvalue weighted by Crippen LogP contribution is -2.04. The molecule has 1 rings (SSSR count). The number of allylic oxidation sites excluding steroid dienone is 3. The first-order valence-corrected chi connectivity index (χ1v) is 5.39. The van der Waals surface area contributed by atoms with Crippen LogP contribution >= 0.6 is 0 Å². The fourth-order valence-corrected chi connectivity index (χ4v) is 1.54. The minimum Gasteiger partial charge on any atom is -0.396 e. The van der Waals surface area contributed by atoms with Gasteiger partial charge in [-0.1, -0.05) is 18.7 Å². The van der Waals surface area contributed by atoms with Crippen molar-refractivity contribution in [1.82, 2.24) is 9.55 Å². The van der Waals surface area contributed by atoms with Gasteiger partial charge in [0.25, 0.3) is 0 Å². The van der Waals surface area contributed by atoms with Gasteiger partial charge in [-0.2, -0.15) is 0 Å². The maximum atomic E-state index is 5.71.